The summed E-state index contributed by atoms with van der Waals surface area (Å²) in [6.07, 6.45) is 2.60. The van der Waals surface area contributed by atoms with Crippen molar-refractivity contribution in [2.75, 3.05) is 18.0 Å². The van der Waals surface area contributed by atoms with Gasteiger partial charge in [-0.25, -0.2) is 0 Å². The Hall–Kier alpha value is -0.540. The second-order valence-electron chi connectivity index (χ2n) is 5.08. The lowest BCUT2D eigenvalue weighted by Crippen LogP contribution is -2.28. The number of rotatable bonds is 2. The van der Waals surface area contributed by atoms with E-state index in [-0.39, 0.29) is 5.54 Å². The zero-order chi connectivity index (χ0) is 11.8. The molecule has 2 nitrogen and oxygen atoms in total. The maximum Gasteiger partial charge on any atom is 0.0510 e. The van der Waals surface area contributed by atoms with Crippen LogP contribution < -0.4 is 10.6 Å². The molecule has 0 atom stereocenters. The summed E-state index contributed by atoms with van der Waals surface area (Å²) in [6, 6.07) is 6.46. The molecule has 1 aliphatic heterocycles. The predicted molar refractivity (Wildman–Crippen MR) is 72.8 cm³/mol. The van der Waals surface area contributed by atoms with Crippen molar-refractivity contribution < 1.29 is 0 Å². The smallest absolute Gasteiger partial charge is 0.0510 e. The third kappa shape index (κ3) is 2.41. The summed E-state index contributed by atoms with van der Waals surface area (Å²) >= 11 is 3.65. The predicted octanol–water partition coefficient (Wildman–Crippen LogP) is 3.24. The van der Waals surface area contributed by atoms with Crippen molar-refractivity contribution in [2.45, 2.75) is 32.2 Å². The van der Waals surface area contributed by atoms with Crippen LogP contribution in [0.4, 0.5) is 5.69 Å². The second-order valence-corrected chi connectivity index (χ2v) is 5.94. The van der Waals surface area contributed by atoms with Gasteiger partial charge in [-0.15, -0.1) is 0 Å². The number of hydrogen-bond donors (Lipinski definition) is 1. The third-order valence-corrected chi connectivity index (χ3v) is 3.77. The number of nitrogens with two attached hydrogens (primary N) is 1. The van der Waals surface area contributed by atoms with Crippen molar-refractivity contribution in [3.8, 4) is 0 Å². The molecular weight excluding hydrogens is 264 g/mol. The Bertz CT molecular complexity index is 376. The van der Waals surface area contributed by atoms with Gasteiger partial charge in [0.2, 0.25) is 0 Å². The summed E-state index contributed by atoms with van der Waals surface area (Å²) in [5.41, 5.74) is 8.29. The van der Waals surface area contributed by atoms with E-state index in [1.165, 1.54) is 37.2 Å². The molecule has 0 spiro atoms. The molecule has 1 aromatic rings. The van der Waals surface area contributed by atoms with E-state index >= 15 is 0 Å². The van der Waals surface area contributed by atoms with Crippen LogP contribution in [0.1, 0.15) is 32.3 Å². The average Bonchev–Trinajstić information content (AvgIpc) is 2.69. The minimum Gasteiger partial charge on any atom is -0.371 e. The van der Waals surface area contributed by atoms with E-state index in [9.17, 15) is 0 Å². The van der Waals surface area contributed by atoms with Gasteiger partial charge in [0.25, 0.3) is 0 Å². The van der Waals surface area contributed by atoms with Gasteiger partial charge in [0.1, 0.15) is 0 Å². The highest BCUT2D eigenvalue weighted by atomic mass is 79.9. The fourth-order valence-electron chi connectivity index (χ4n) is 2.12. The van der Waals surface area contributed by atoms with Gasteiger partial charge in [0, 0.05) is 23.1 Å². The van der Waals surface area contributed by atoms with E-state index in [0.717, 1.165) is 4.47 Å². The van der Waals surface area contributed by atoms with Gasteiger partial charge < -0.3 is 10.6 Å². The van der Waals surface area contributed by atoms with E-state index in [1.807, 2.05) is 13.8 Å². The Kier molecular flexibility index (Phi) is 3.27. The quantitative estimate of drug-likeness (QED) is 0.902. The summed E-state index contributed by atoms with van der Waals surface area (Å²) in [6.45, 7) is 6.41. The number of hydrogen-bond acceptors (Lipinski definition) is 2. The maximum absolute atomic E-state index is 6.09. The molecule has 0 saturated carbocycles. The minimum atomic E-state index is -0.272. The van der Waals surface area contributed by atoms with Crippen molar-refractivity contribution in [3.05, 3.63) is 28.2 Å². The van der Waals surface area contributed by atoms with Crippen LogP contribution in [0.5, 0.6) is 0 Å². The van der Waals surface area contributed by atoms with Crippen LogP contribution in [0.25, 0.3) is 0 Å². The molecule has 1 saturated heterocycles. The molecule has 1 heterocycles. The molecule has 2 rings (SSSR count). The van der Waals surface area contributed by atoms with Crippen LogP contribution in [-0.2, 0) is 5.54 Å². The topological polar surface area (TPSA) is 29.3 Å². The van der Waals surface area contributed by atoms with Crippen molar-refractivity contribution >= 4 is 21.6 Å². The van der Waals surface area contributed by atoms with Crippen LogP contribution in [0, 0.1) is 0 Å². The molecule has 2 N–H and O–H groups in total. The molecule has 1 aromatic carbocycles. The van der Waals surface area contributed by atoms with E-state index in [2.05, 4.69) is 39.0 Å². The summed E-state index contributed by atoms with van der Waals surface area (Å²) in [5, 5.41) is 0. The standard InChI is InChI=1S/C13H19BrN2/c1-13(2,15)10-5-6-12(11(14)9-10)16-7-3-4-8-16/h5-6,9H,3-4,7-8,15H2,1-2H3. The van der Waals surface area contributed by atoms with Crippen LogP contribution in [0.15, 0.2) is 22.7 Å². The van der Waals surface area contributed by atoms with Crippen LogP contribution >= 0.6 is 15.9 Å². The highest BCUT2D eigenvalue weighted by molar-refractivity contribution is 9.10. The largest absolute Gasteiger partial charge is 0.371 e. The van der Waals surface area contributed by atoms with Gasteiger partial charge in [-0.2, -0.15) is 0 Å². The zero-order valence-electron chi connectivity index (χ0n) is 9.96. The maximum atomic E-state index is 6.09. The first kappa shape index (κ1) is 11.9. The molecule has 0 aliphatic carbocycles. The summed E-state index contributed by atoms with van der Waals surface area (Å²) in [5.74, 6) is 0. The van der Waals surface area contributed by atoms with Crippen molar-refractivity contribution in [2.24, 2.45) is 5.73 Å². The molecule has 16 heavy (non-hydrogen) atoms. The van der Waals surface area contributed by atoms with Gasteiger partial charge in [-0.05, 0) is 60.3 Å². The SMILES string of the molecule is CC(C)(N)c1ccc(N2CCCC2)c(Br)c1. The molecule has 0 bridgehead atoms. The van der Waals surface area contributed by atoms with Crippen LogP contribution in [-0.4, -0.2) is 13.1 Å². The van der Waals surface area contributed by atoms with E-state index in [4.69, 9.17) is 5.73 Å². The van der Waals surface area contributed by atoms with Gasteiger partial charge in [-0.3, -0.25) is 0 Å². The molecule has 88 valence electrons. The first-order valence-corrected chi connectivity index (χ1v) is 6.61. The van der Waals surface area contributed by atoms with Gasteiger partial charge in [0.15, 0.2) is 0 Å². The molecule has 0 aromatic heterocycles. The molecule has 0 radical (unpaired) electrons. The summed E-state index contributed by atoms with van der Waals surface area (Å²) in [4.78, 5) is 2.43. The lowest BCUT2D eigenvalue weighted by molar-refractivity contribution is 0.554. The molecule has 1 aliphatic rings. The normalized spacial score (nSPS) is 16.9. The van der Waals surface area contributed by atoms with Crippen LogP contribution in [0.2, 0.25) is 0 Å². The molecule has 3 heteroatoms. The van der Waals surface area contributed by atoms with E-state index in [0.29, 0.717) is 0 Å². The Labute approximate surface area is 106 Å². The highest BCUT2D eigenvalue weighted by Gasteiger charge is 2.18. The molecule has 1 fully saturated rings. The molecule has 0 unspecified atom stereocenters. The fraction of sp³-hybridized carbons (Fsp3) is 0.538. The molecular formula is C13H19BrN2. The number of benzene rings is 1. The first-order chi connectivity index (χ1) is 7.48. The number of nitrogens with zero attached hydrogens (tertiary/aromatic N) is 1. The Balaban J connectivity index is 2.29. The van der Waals surface area contributed by atoms with E-state index in [1.54, 1.807) is 0 Å². The van der Waals surface area contributed by atoms with Crippen LogP contribution in [0.3, 0.4) is 0 Å². The van der Waals surface area contributed by atoms with E-state index < -0.39 is 0 Å². The number of anilines is 1. The van der Waals surface area contributed by atoms with Crippen molar-refractivity contribution in [3.63, 3.8) is 0 Å². The third-order valence-electron chi connectivity index (χ3n) is 3.14. The Morgan fingerprint density at radius 3 is 2.38 bits per heavy atom. The fourth-order valence-corrected chi connectivity index (χ4v) is 2.75. The summed E-state index contributed by atoms with van der Waals surface area (Å²) < 4.78 is 1.16. The minimum absolute atomic E-state index is 0.272. The lowest BCUT2D eigenvalue weighted by Gasteiger charge is -2.23. The molecule has 0 amide bonds. The van der Waals surface area contributed by atoms with Crippen molar-refractivity contribution in [1.29, 1.82) is 0 Å². The first-order valence-electron chi connectivity index (χ1n) is 5.82. The van der Waals surface area contributed by atoms with Gasteiger partial charge >= 0.3 is 0 Å². The van der Waals surface area contributed by atoms with Gasteiger partial charge in [-0.1, -0.05) is 6.07 Å². The lowest BCUT2D eigenvalue weighted by atomic mass is 9.95. The summed E-state index contributed by atoms with van der Waals surface area (Å²) in [7, 11) is 0. The van der Waals surface area contributed by atoms with Gasteiger partial charge in [0.05, 0.1) is 5.69 Å². The van der Waals surface area contributed by atoms with Crippen molar-refractivity contribution in [1.82, 2.24) is 0 Å². The monoisotopic (exact) mass is 282 g/mol. The Morgan fingerprint density at radius 1 is 1.25 bits per heavy atom. The zero-order valence-corrected chi connectivity index (χ0v) is 11.5. The highest BCUT2D eigenvalue weighted by Crippen LogP contribution is 2.32. The second kappa shape index (κ2) is 4.38. The average molecular weight is 283 g/mol. The number of halogens is 1. The Morgan fingerprint density at radius 2 is 1.88 bits per heavy atom.